The summed E-state index contributed by atoms with van der Waals surface area (Å²) in [5.74, 6) is 0.379. The molecule has 2 aromatic carbocycles. The molecule has 3 nitrogen and oxygen atoms in total. The van der Waals surface area contributed by atoms with Gasteiger partial charge in [0.05, 0.1) is 7.11 Å². The first kappa shape index (κ1) is 13.3. The highest BCUT2D eigenvalue weighted by molar-refractivity contribution is 5.87. The molecule has 19 heavy (non-hydrogen) atoms. The third kappa shape index (κ3) is 3.02. The fourth-order valence-electron chi connectivity index (χ4n) is 2.07. The van der Waals surface area contributed by atoms with Crippen LogP contribution in [0.15, 0.2) is 30.3 Å². The van der Waals surface area contributed by atoms with Crippen molar-refractivity contribution in [1.29, 1.82) is 0 Å². The first-order chi connectivity index (χ1) is 9.11. The normalized spacial score (nSPS) is 10.5. The molecule has 0 bridgehead atoms. The van der Waals surface area contributed by atoms with Crippen molar-refractivity contribution in [2.24, 2.45) is 0 Å². The summed E-state index contributed by atoms with van der Waals surface area (Å²) >= 11 is 0. The number of ether oxygens (including phenoxy) is 1. The molecule has 2 aromatic rings. The van der Waals surface area contributed by atoms with Crippen LogP contribution in [0.4, 0.5) is 4.39 Å². The zero-order valence-electron chi connectivity index (χ0n) is 11.0. The van der Waals surface area contributed by atoms with Crippen molar-refractivity contribution < 1.29 is 13.9 Å². The molecule has 0 aromatic heterocycles. The minimum absolute atomic E-state index is 0.0657. The Balaban J connectivity index is 2.36. The predicted molar refractivity (Wildman–Crippen MR) is 72.8 cm³/mol. The minimum atomic E-state index is -0.249. The molecule has 0 heterocycles. The van der Waals surface area contributed by atoms with E-state index in [1.807, 2.05) is 6.07 Å². The Kier molecular flexibility index (Phi) is 4.00. The Bertz CT molecular complexity index is 610. The molecule has 0 aliphatic heterocycles. The maximum Gasteiger partial charge on any atom is 0.216 e. The molecule has 1 N–H and O–H groups in total. The fraction of sp³-hybridized carbons (Fsp3) is 0.267. The topological polar surface area (TPSA) is 38.3 Å². The van der Waals surface area contributed by atoms with Gasteiger partial charge in [-0.2, -0.15) is 0 Å². The summed E-state index contributed by atoms with van der Waals surface area (Å²) in [6.07, 6.45) is 0.656. The number of fused-ring (bicyclic) bond motifs is 1. The van der Waals surface area contributed by atoms with E-state index in [0.717, 1.165) is 10.9 Å². The summed E-state index contributed by atoms with van der Waals surface area (Å²) in [7, 11) is 1.58. The molecule has 0 spiro atoms. The molecule has 1 amide bonds. The number of hydrogen-bond acceptors (Lipinski definition) is 2. The third-order valence-corrected chi connectivity index (χ3v) is 3.03. The van der Waals surface area contributed by atoms with E-state index >= 15 is 0 Å². The number of nitrogens with one attached hydrogen (secondary N) is 1. The van der Waals surface area contributed by atoms with E-state index in [1.165, 1.54) is 13.0 Å². The number of rotatable bonds is 4. The van der Waals surface area contributed by atoms with Crippen LogP contribution in [0.25, 0.3) is 10.8 Å². The lowest BCUT2D eigenvalue weighted by atomic mass is 10.0. The summed E-state index contributed by atoms with van der Waals surface area (Å²) in [6, 6.07) is 8.48. The van der Waals surface area contributed by atoms with Gasteiger partial charge in [0.15, 0.2) is 0 Å². The Hall–Kier alpha value is -2.10. The van der Waals surface area contributed by atoms with Crippen molar-refractivity contribution in [1.82, 2.24) is 5.32 Å². The van der Waals surface area contributed by atoms with Crippen LogP contribution in [0, 0.1) is 5.82 Å². The number of amides is 1. The van der Waals surface area contributed by atoms with Crippen LogP contribution >= 0.6 is 0 Å². The zero-order chi connectivity index (χ0) is 13.8. The first-order valence-electron chi connectivity index (χ1n) is 6.11. The van der Waals surface area contributed by atoms with Crippen molar-refractivity contribution in [3.8, 4) is 5.75 Å². The molecule has 2 rings (SSSR count). The van der Waals surface area contributed by atoms with Crippen molar-refractivity contribution in [2.75, 3.05) is 13.7 Å². The number of benzene rings is 2. The summed E-state index contributed by atoms with van der Waals surface area (Å²) in [5.41, 5.74) is 0.990. The van der Waals surface area contributed by atoms with Crippen LogP contribution in [-0.4, -0.2) is 19.6 Å². The standard InChI is InChI=1S/C15H16FNO2/c1-10(18)17-8-7-11-3-6-15(16)13-5-4-12(19-2)9-14(11)13/h3-6,9H,7-8H2,1-2H3,(H,17,18). The van der Waals surface area contributed by atoms with Gasteiger partial charge in [-0.1, -0.05) is 6.07 Å². The highest BCUT2D eigenvalue weighted by atomic mass is 19.1. The Morgan fingerprint density at radius 3 is 2.74 bits per heavy atom. The van der Waals surface area contributed by atoms with Crippen molar-refractivity contribution in [2.45, 2.75) is 13.3 Å². The lowest BCUT2D eigenvalue weighted by molar-refractivity contribution is -0.118. The maximum absolute atomic E-state index is 13.7. The molecule has 100 valence electrons. The maximum atomic E-state index is 13.7. The molecule has 0 fully saturated rings. The molecule has 0 aliphatic rings. The molecular formula is C15H16FNO2. The lowest BCUT2D eigenvalue weighted by Gasteiger charge is -2.09. The summed E-state index contributed by atoms with van der Waals surface area (Å²) in [5, 5.41) is 4.13. The van der Waals surface area contributed by atoms with Crippen LogP contribution in [0.2, 0.25) is 0 Å². The number of carbonyl (C=O) groups excluding carboxylic acids is 1. The highest BCUT2D eigenvalue weighted by Gasteiger charge is 2.07. The van der Waals surface area contributed by atoms with Crippen LogP contribution in [0.1, 0.15) is 12.5 Å². The average Bonchev–Trinajstić information content (AvgIpc) is 2.40. The van der Waals surface area contributed by atoms with E-state index < -0.39 is 0 Å². The zero-order valence-corrected chi connectivity index (χ0v) is 11.0. The van der Waals surface area contributed by atoms with Gasteiger partial charge in [-0.05, 0) is 41.6 Å². The van der Waals surface area contributed by atoms with Gasteiger partial charge in [0.1, 0.15) is 11.6 Å². The first-order valence-corrected chi connectivity index (χ1v) is 6.11. The molecule has 0 radical (unpaired) electrons. The average molecular weight is 261 g/mol. The third-order valence-electron chi connectivity index (χ3n) is 3.03. The van der Waals surface area contributed by atoms with Crippen molar-refractivity contribution in [3.63, 3.8) is 0 Å². The van der Waals surface area contributed by atoms with E-state index in [-0.39, 0.29) is 11.7 Å². The fourth-order valence-corrected chi connectivity index (χ4v) is 2.07. The Morgan fingerprint density at radius 1 is 1.26 bits per heavy atom. The van der Waals surface area contributed by atoms with Gasteiger partial charge in [0.2, 0.25) is 5.91 Å². The summed E-state index contributed by atoms with van der Waals surface area (Å²) < 4.78 is 18.9. The monoisotopic (exact) mass is 261 g/mol. The molecule has 0 unspecified atom stereocenters. The Morgan fingerprint density at radius 2 is 2.05 bits per heavy atom. The van der Waals surface area contributed by atoms with Gasteiger partial charge in [0, 0.05) is 18.9 Å². The smallest absolute Gasteiger partial charge is 0.216 e. The molecule has 0 saturated heterocycles. The number of carbonyl (C=O) groups is 1. The minimum Gasteiger partial charge on any atom is -0.497 e. The lowest BCUT2D eigenvalue weighted by Crippen LogP contribution is -2.22. The van der Waals surface area contributed by atoms with Crippen molar-refractivity contribution >= 4 is 16.7 Å². The molecule has 4 heteroatoms. The SMILES string of the molecule is COc1ccc2c(F)ccc(CCNC(C)=O)c2c1. The molecule has 0 saturated carbocycles. The molecule has 0 aliphatic carbocycles. The second-order valence-corrected chi connectivity index (χ2v) is 4.35. The number of hydrogen-bond donors (Lipinski definition) is 1. The van der Waals surface area contributed by atoms with Gasteiger partial charge >= 0.3 is 0 Å². The quantitative estimate of drug-likeness (QED) is 0.919. The van der Waals surface area contributed by atoms with E-state index in [2.05, 4.69) is 5.32 Å². The second kappa shape index (κ2) is 5.69. The van der Waals surface area contributed by atoms with E-state index in [1.54, 1.807) is 25.3 Å². The van der Waals surface area contributed by atoms with Gasteiger partial charge in [-0.15, -0.1) is 0 Å². The number of halogens is 1. The predicted octanol–water partition coefficient (Wildman–Crippen LogP) is 2.67. The summed E-state index contributed by atoms with van der Waals surface area (Å²) in [4.78, 5) is 10.9. The number of methoxy groups -OCH3 is 1. The van der Waals surface area contributed by atoms with E-state index in [4.69, 9.17) is 4.74 Å². The molecule has 0 atom stereocenters. The van der Waals surface area contributed by atoms with Crippen LogP contribution in [0.5, 0.6) is 5.75 Å². The van der Waals surface area contributed by atoms with Crippen LogP contribution < -0.4 is 10.1 Å². The van der Waals surface area contributed by atoms with E-state index in [0.29, 0.717) is 24.1 Å². The molecular weight excluding hydrogens is 245 g/mol. The van der Waals surface area contributed by atoms with Crippen LogP contribution in [0.3, 0.4) is 0 Å². The van der Waals surface area contributed by atoms with Gasteiger partial charge in [-0.3, -0.25) is 4.79 Å². The van der Waals surface area contributed by atoms with Gasteiger partial charge < -0.3 is 10.1 Å². The van der Waals surface area contributed by atoms with Crippen molar-refractivity contribution in [3.05, 3.63) is 41.7 Å². The largest absolute Gasteiger partial charge is 0.497 e. The van der Waals surface area contributed by atoms with Gasteiger partial charge in [-0.25, -0.2) is 4.39 Å². The van der Waals surface area contributed by atoms with Crippen LogP contribution in [-0.2, 0) is 11.2 Å². The Labute approximate surface area is 111 Å². The summed E-state index contributed by atoms with van der Waals surface area (Å²) in [6.45, 7) is 2.01. The second-order valence-electron chi connectivity index (χ2n) is 4.35. The highest BCUT2D eigenvalue weighted by Crippen LogP contribution is 2.26. The van der Waals surface area contributed by atoms with Gasteiger partial charge in [0.25, 0.3) is 0 Å². The van der Waals surface area contributed by atoms with E-state index in [9.17, 15) is 9.18 Å².